The number of amides is 7. The van der Waals surface area contributed by atoms with Crippen molar-refractivity contribution in [3.63, 3.8) is 0 Å². The fraction of sp³-hybridized carbons (Fsp3) is 0.429. The van der Waals surface area contributed by atoms with Gasteiger partial charge in [0, 0.05) is 29.3 Å². The topological polar surface area (TPSA) is 455 Å². The number of guanidine groups is 1. The van der Waals surface area contributed by atoms with Crippen LogP contribution in [-0.4, -0.2) is 137 Å². The highest BCUT2D eigenvalue weighted by Crippen LogP contribution is 2.28. The number of aliphatic imine (C=N–C) groups is 1. The third-order valence-corrected chi connectivity index (χ3v) is 13.0. The number of methoxy groups -OCH3 is 4. The molecule has 4 aromatic rings. The van der Waals surface area contributed by atoms with Crippen LogP contribution in [-0.2, 0) is 14.4 Å². The number of aliphatic hydroxyl groups is 1. The number of hydrogen-bond acceptors (Lipinski definition) is 18. The second-order valence-electron chi connectivity index (χ2n) is 19.1. The molecule has 5 atom stereocenters. The van der Waals surface area contributed by atoms with E-state index in [2.05, 4.69) is 42.2 Å². The maximum Gasteiger partial charge on any atom is 0.255 e. The van der Waals surface area contributed by atoms with Crippen LogP contribution in [0.3, 0.4) is 0 Å². The van der Waals surface area contributed by atoms with Gasteiger partial charge in [-0.15, -0.1) is 0 Å². The molecule has 4 rings (SSSR count). The number of anilines is 4. The highest BCUT2D eigenvalue weighted by molar-refractivity contribution is 6.06. The Balaban J connectivity index is 1.58. The van der Waals surface area contributed by atoms with Crippen LogP contribution in [0.1, 0.15) is 112 Å². The summed E-state index contributed by atoms with van der Waals surface area (Å²) in [5.41, 5.74) is 40.7. The third-order valence-electron chi connectivity index (χ3n) is 13.0. The minimum absolute atomic E-state index is 0.0229. The predicted octanol–water partition coefficient (Wildman–Crippen LogP) is 1.53. The molecular weight excluding hydrogens is 1070 g/mol. The standard InChI is InChI=1S/C56H81N15O12/c1-80-44-20-16-32(28-36(44)48(61)72)66-53(77)41(13-6-9-25-58)69-50(74)38-31-35(19-23-46(38)82-3)68-55(79)43(15-11-27-64-56(62)63)71-51(75)39-30-34(18-22-47(39)83-4)67-54(78)42(14-7-10-26-59)70-49(73)37-29-33(17-21-45(37)81-2)65-52(76)40(60)12-5-8-24-57/h16-23,28-31,40-43,55,68,79H,5-15,24-27,57-60H2,1-4H3,(H2,61,72)(H,65,76)(H,66,77)(H,67,78)(H,69,74)(H,70,73)(H,71,75)(H4,62,63,64). The number of primary amides is 1. The number of carbonyl (C=O) groups excluding carboxylic acids is 7. The summed E-state index contributed by atoms with van der Waals surface area (Å²) in [7, 11) is 5.44. The first-order valence-corrected chi connectivity index (χ1v) is 27.0. The van der Waals surface area contributed by atoms with Crippen molar-refractivity contribution in [3.05, 3.63) is 95.1 Å². The van der Waals surface area contributed by atoms with Crippen molar-refractivity contribution in [3.8, 4) is 23.0 Å². The fourth-order valence-corrected chi connectivity index (χ4v) is 8.55. The monoisotopic (exact) mass is 1160 g/mol. The number of carbonyl (C=O) groups is 7. The summed E-state index contributed by atoms with van der Waals surface area (Å²) in [6.07, 6.45) is 2.98. The quantitative estimate of drug-likeness (QED) is 0.0133. The molecule has 0 saturated heterocycles. The largest absolute Gasteiger partial charge is 0.496 e. The number of aliphatic hydroxyl groups excluding tert-OH is 1. The normalized spacial score (nSPS) is 12.6. The van der Waals surface area contributed by atoms with Crippen LogP contribution in [0.15, 0.2) is 77.8 Å². The van der Waals surface area contributed by atoms with Gasteiger partial charge in [-0.3, -0.25) is 38.6 Å². The summed E-state index contributed by atoms with van der Waals surface area (Å²) < 4.78 is 21.7. The van der Waals surface area contributed by atoms with Crippen LogP contribution in [0, 0.1) is 0 Å². The highest BCUT2D eigenvalue weighted by Gasteiger charge is 2.29. The lowest BCUT2D eigenvalue weighted by molar-refractivity contribution is -0.118. The van der Waals surface area contributed by atoms with Crippen LogP contribution in [0.5, 0.6) is 23.0 Å². The Bertz CT molecular complexity index is 2870. The van der Waals surface area contributed by atoms with Gasteiger partial charge in [0.1, 0.15) is 41.3 Å². The summed E-state index contributed by atoms with van der Waals surface area (Å²) in [6, 6.07) is 13.4. The first-order valence-electron chi connectivity index (χ1n) is 27.0. The SMILES string of the molecule is COc1ccc(NC(=O)C(CCCCN)NC(=O)c2cc(NC(O)C(CCCN=C(N)N)NC(=O)c3cc(NC(=O)C(CCCCN)NC(=O)c4cc(NC(=O)C(N)CCCCN)ccc4OC)ccc3OC)ccc2OC)cc1C(N)=O. The molecule has 0 aromatic heterocycles. The minimum Gasteiger partial charge on any atom is -0.496 e. The van der Waals surface area contributed by atoms with E-state index < -0.39 is 71.7 Å². The van der Waals surface area contributed by atoms with E-state index in [1.165, 1.54) is 95.2 Å². The van der Waals surface area contributed by atoms with E-state index in [1.54, 1.807) is 6.07 Å². The zero-order valence-electron chi connectivity index (χ0n) is 47.3. The molecular formula is C56H81N15O12. The van der Waals surface area contributed by atoms with E-state index in [9.17, 15) is 38.7 Å². The number of unbranched alkanes of at least 4 members (excludes halogenated alkanes) is 3. The highest BCUT2D eigenvalue weighted by atomic mass is 16.5. The van der Waals surface area contributed by atoms with Gasteiger partial charge in [-0.2, -0.15) is 0 Å². The molecule has 27 heteroatoms. The average Bonchev–Trinajstić information content (AvgIpc) is 3.56. The molecule has 5 unspecified atom stereocenters. The van der Waals surface area contributed by atoms with Gasteiger partial charge >= 0.3 is 0 Å². The Labute approximate surface area is 482 Å². The molecule has 0 fully saturated rings. The van der Waals surface area contributed by atoms with Crippen LogP contribution in [0.25, 0.3) is 0 Å². The molecule has 0 aliphatic carbocycles. The molecule has 22 N–H and O–H groups in total. The van der Waals surface area contributed by atoms with Gasteiger partial charge in [-0.25, -0.2) is 0 Å². The Morgan fingerprint density at radius 3 is 1.27 bits per heavy atom. The van der Waals surface area contributed by atoms with Gasteiger partial charge in [0.2, 0.25) is 17.7 Å². The summed E-state index contributed by atoms with van der Waals surface area (Å²) in [5.74, 6) is -4.16. The van der Waals surface area contributed by atoms with Crippen molar-refractivity contribution >= 4 is 70.1 Å². The van der Waals surface area contributed by atoms with Crippen molar-refractivity contribution in [1.82, 2.24) is 16.0 Å². The van der Waals surface area contributed by atoms with E-state index in [1.807, 2.05) is 0 Å². The second kappa shape index (κ2) is 34.5. The molecule has 7 amide bonds. The maximum atomic E-state index is 14.3. The van der Waals surface area contributed by atoms with E-state index >= 15 is 0 Å². The summed E-state index contributed by atoms with van der Waals surface area (Å²) in [5, 5.41) is 31.4. The van der Waals surface area contributed by atoms with Gasteiger partial charge in [-0.05, 0) is 157 Å². The number of ether oxygens (including phenoxy) is 4. The molecule has 83 heavy (non-hydrogen) atoms. The molecule has 0 radical (unpaired) electrons. The lowest BCUT2D eigenvalue weighted by Crippen LogP contribution is -2.47. The lowest BCUT2D eigenvalue weighted by Gasteiger charge is -2.26. The van der Waals surface area contributed by atoms with Gasteiger partial charge in [0.05, 0.1) is 62.8 Å². The molecule has 0 heterocycles. The van der Waals surface area contributed by atoms with Gasteiger partial charge < -0.3 is 101 Å². The average molecular weight is 1160 g/mol. The van der Waals surface area contributed by atoms with Crippen LogP contribution < -0.4 is 96.3 Å². The van der Waals surface area contributed by atoms with Crippen molar-refractivity contribution < 1.29 is 57.6 Å². The summed E-state index contributed by atoms with van der Waals surface area (Å²) in [6.45, 7) is 1.27. The molecule has 0 aliphatic heterocycles. The Morgan fingerprint density at radius 2 is 0.855 bits per heavy atom. The first-order chi connectivity index (χ1) is 39.8. The second-order valence-corrected chi connectivity index (χ2v) is 19.1. The lowest BCUT2D eigenvalue weighted by atomic mass is 10.1. The van der Waals surface area contributed by atoms with Gasteiger partial charge in [0.25, 0.3) is 23.6 Å². The van der Waals surface area contributed by atoms with Gasteiger partial charge in [-0.1, -0.05) is 6.42 Å². The number of nitrogens with zero attached hydrogens (tertiary/aromatic N) is 1. The van der Waals surface area contributed by atoms with E-state index in [-0.39, 0.29) is 106 Å². The number of benzene rings is 4. The van der Waals surface area contributed by atoms with E-state index in [0.717, 1.165) is 0 Å². The Hall–Kier alpha value is -8.76. The van der Waals surface area contributed by atoms with E-state index in [4.69, 9.17) is 59.1 Å². The number of nitrogens with one attached hydrogen (secondary N) is 7. The number of rotatable bonds is 36. The molecule has 0 saturated carbocycles. The zero-order chi connectivity index (χ0) is 61.0. The minimum atomic E-state index is -1.54. The van der Waals surface area contributed by atoms with Crippen molar-refractivity contribution in [2.45, 2.75) is 101 Å². The predicted molar refractivity (Wildman–Crippen MR) is 316 cm³/mol. The molecule has 0 spiro atoms. The number of hydrogen-bond donors (Lipinski definition) is 15. The van der Waals surface area contributed by atoms with Gasteiger partial charge in [0.15, 0.2) is 5.96 Å². The van der Waals surface area contributed by atoms with Crippen LogP contribution >= 0.6 is 0 Å². The number of nitrogens with two attached hydrogens (primary N) is 7. The molecule has 452 valence electrons. The molecule has 0 aliphatic rings. The smallest absolute Gasteiger partial charge is 0.255 e. The Morgan fingerprint density at radius 1 is 0.482 bits per heavy atom. The Kier molecular flexibility index (Phi) is 27.8. The zero-order valence-corrected chi connectivity index (χ0v) is 47.3. The maximum absolute atomic E-state index is 14.3. The molecule has 0 bridgehead atoms. The summed E-state index contributed by atoms with van der Waals surface area (Å²) >= 11 is 0. The summed E-state index contributed by atoms with van der Waals surface area (Å²) in [4.78, 5) is 99.2. The van der Waals surface area contributed by atoms with E-state index in [0.29, 0.717) is 64.6 Å². The van der Waals surface area contributed by atoms with Crippen molar-refractivity contribution in [2.75, 3.05) is 75.9 Å². The van der Waals surface area contributed by atoms with Crippen molar-refractivity contribution in [1.29, 1.82) is 0 Å². The molecule has 4 aromatic carbocycles. The first kappa shape index (κ1) is 66.7. The fourth-order valence-electron chi connectivity index (χ4n) is 8.55. The van der Waals surface area contributed by atoms with Crippen molar-refractivity contribution in [2.24, 2.45) is 45.1 Å². The third kappa shape index (κ3) is 20.9. The molecule has 27 nitrogen and oxygen atoms in total. The van der Waals surface area contributed by atoms with Crippen LogP contribution in [0.2, 0.25) is 0 Å². The van der Waals surface area contributed by atoms with Crippen LogP contribution in [0.4, 0.5) is 22.7 Å².